The fraction of sp³-hybridized carbons (Fsp3) is 0.267. The molecule has 0 fully saturated rings. The molecule has 5 nitrogen and oxygen atoms in total. The summed E-state index contributed by atoms with van der Waals surface area (Å²) in [6, 6.07) is 7.59. The highest BCUT2D eigenvalue weighted by molar-refractivity contribution is 6.48. The number of Topliss-reactive ketones (excluding diaryl/α,β-unsaturated/α-hetero) is 1. The van der Waals surface area contributed by atoms with Crippen LogP contribution in [0.2, 0.25) is 0 Å². The van der Waals surface area contributed by atoms with Gasteiger partial charge in [-0.25, -0.2) is 4.79 Å². The first-order valence-electron chi connectivity index (χ1n) is 6.47. The zero-order chi connectivity index (χ0) is 14.3. The van der Waals surface area contributed by atoms with E-state index < -0.39 is 5.97 Å². The number of aliphatic imine (C=N–C) groups is 1. The molecule has 2 aromatic rings. The molecule has 0 radical (unpaired) electrons. The van der Waals surface area contributed by atoms with E-state index in [1.807, 2.05) is 35.9 Å². The summed E-state index contributed by atoms with van der Waals surface area (Å²) in [6.07, 6.45) is 0. The maximum Gasteiger partial charge on any atom is 0.357 e. The quantitative estimate of drug-likeness (QED) is 0.781. The van der Waals surface area contributed by atoms with Crippen LogP contribution in [0.25, 0.3) is 10.9 Å². The lowest BCUT2D eigenvalue weighted by atomic mass is 10.0. The lowest BCUT2D eigenvalue weighted by molar-refractivity contribution is -0.134. The van der Waals surface area contributed by atoms with Gasteiger partial charge in [0.25, 0.3) is 0 Å². The van der Waals surface area contributed by atoms with Crippen LogP contribution < -0.4 is 0 Å². The Labute approximate surface area is 115 Å². The van der Waals surface area contributed by atoms with Crippen LogP contribution in [0.15, 0.2) is 29.3 Å². The number of para-hydroxylation sites is 1. The molecule has 0 atom stereocenters. The monoisotopic (exact) mass is 270 g/mol. The number of aromatic nitrogens is 1. The average Bonchev–Trinajstić information content (AvgIpc) is 2.75. The van der Waals surface area contributed by atoms with E-state index >= 15 is 0 Å². The number of benzene rings is 1. The maximum absolute atomic E-state index is 12.1. The largest absolute Gasteiger partial charge is 0.461 e. The summed E-state index contributed by atoms with van der Waals surface area (Å²) in [4.78, 5) is 28.3. The topological polar surface area (TPSA) is 60.7 Å². The number of esters is 1. The van der Waals surface area contributed by atoms with Crippen LogP contribution in [-0.4, -0.2) is 35.2 Å². The molecule has 0 bridgehead atoms. The first-order chi connectivity index (χ1) is 9.65. The predicted molar refractivity (Wildman–Crippen MR) is 75.3 cm³/mol. The third-order valence-electron chi connectivity index (χ3n) is 3.46. The lowest BCUT2D eigenvalue weighted by Crippen LogP contribution is -2.27. The zero-order valence-electron chi connectivity index (χ0n) is 11.3. The molecule has 1 aromatic carbocycles. The standard InChI is InChI=1S/C15H14N2O3/c1-3-20-15(19)13-12-9-6-4-5-7-10(9)17(2)14(12)11(18)8-16-13/h4-7H,3,8H2,1-2H3. The lowest BCUT2D eigenvalue weighted by Gasteiger charge is -2.13. The second-order valence-electron chi connectivity index (χ2n) is 4.61. The van der Waals surface area contributed by atoms with E-state index in [-0.39, 0.29) is 24.6 Å². The summed E-state index contributed by atoms with van der Waals surface area (Å²) >= 11 is 0. The fourth-order valence-corrected chi connectivity index (χ4v) is 2.63. The molecule has 0 aliphatic carbocycles. The van der Waals surface area contributed by atoms with Crippen molar-refractivity contribution in [2.24, 2.45) is 12.0 Å². The van der Waals surface area contributed by atoms with Crippen LogP contribution in [0, 0.1) is 0 Å². The van der Waals surface area contributed by atoms with Crippen LogP contribution in [-0.2, 0) is 16.6 Å². The number of hydrogen-bond acceptors (Lipinski definition) is 4. The second-order valence-corrected chi connectivity index (χ2v) is 4.61. The van der Waals surface area contributed by atoms with E-state index in [0.717, 1.165) is 10.9 Å². The van der Waals surface area contributed by atoms with Gasteiger partial charge in [0.2, 0.25) is 5.78 Å². The Balaban J connectivity index is 2.30. The Kier molecular flexibility index (Phi) is 2.89. The van der Waals surface area contributed by atoms with Crippen LogP contribution in [0.1, 0.15) is 23.0 Å². The van der Waals surface area contributed by atoms with Gasteiger partial charge in [0.15, 0.2) is 5.71 Å². The summed E-state index contributed by atoms with van der Waals surface area (Å²) in [5, 5.41) is 0.852. The van der Waals surface area contributed by atoms with Crippen molar-refractivity contribution in [3.8, 4) is 0 Å². The van der Waals surface area contributed by atoms with Crippen molar-refractivity contribution in [2.45, 2.75) is 6.92 Å². The minimum absolute atomic E-state index is 0.00862. The van der Waals surface area contributed by atoms with Crippen LogP contribution in [0.4, 0.5) is 0 Å². The Morgan fingerprint density at radius 2 is 2.15 bits per heavy atom. The van der Waals surface area contributed by atoms with Gasteiger partial charge in [-0.15, -0.1) is 0 Å². The van der Waals surface area contributed by atoms with Gasteiger partial charge in [-0.2, -0.15) is 0 Å². The van der Waals surface area contributed by atoms with Gasteiger partial charge in [0.1, 0.15) is 6.54 Å². The van der Waals surface area contributed by atoms with E-state index in [4.69, 9.17) is 4.74 Å². The maximum atomic E-state index is 12.1. The molecule has 5 heteroatoms. The van der Waals surface area contributed by atoms with Crippen molar-refractivity contribution in [3.05, 3.63) is 35.5 Å². The van der Waals surface area contributed by atoms with Crippen molar-refractivity contribution >= 4 is 28.4 Å². The average molecular weight is 270 g/mol. The first kappa shape index (κ1) is 12.6. The van der Waals surface area contributed by atoms with Crippen molar-refractivity contribution in [2.75, 3.05) is 13.2 Å². The molecule has 0 saturated carbocycles. The molecule has 20 heavy (non-hydrogen) atoms. The molecule has 0 unspecified atom stereocenters. The molecule has 1 aliphatic heterocycles. The number of ketones is 1. The van der Waals surface area contributed by atoms with E-state index in [1.54, 1.807) is 6.92 Å². The van der Waals surface area contributed by atoms with E-state index in [1.165, 1.54) is 0 Å². The minimum Gasteiger partial charge on any atom is -0.461 e. The summed E-state index contributed by atoms with van der Waals surface area (Å²) in [5.41, 5.74) is 2.28. The van der Waals surface area contributed by atoms with Crippen molar-refractivity contribution in [1.29, 1.82) is 0 Å². The van der Waals surface area contributed by atoms with Crippen LogP contribution >= 0.6 is 0 Å². The Bertz CT molecular complexity index is 756. The third kappa shape index (κ3) is 1.66. The van der Waals surface area contributed by atoms with Gasteiger partial charge < -0.3 is 9.30 Å². The normalized spacial score (nSPS) is 14.1. The Morgan fingerprint density at radius 3 is 2.90 bits per heavy atom. The molecule has 102 valence electrons. The summed E-state index contributed by atoms with van der Waals surface area (Å²) in [5.74, 6) is -0.552. The van der Waals surface area contributed by atoms with Gasteiger partial charge in [-0.1, -0.05) is 18.2 Å². The number of aryl methyl sites for hydroxylation is 1. The highest BCUT2D eigenvalue weighted by atomic mass is 16.5. The zero-order valence-corrected chi connectivity index (χ0v) is 11.3. The van der Waals surface area contributed by atoms with Gasteiger partial charge >= 0.3 is 5.97 Å². The molecule has 1 aromatic heterocycles. The number of hydrogen-bond donors (Lipinski definition) is 0. The molecular weight excluding hydrogens is 256 g/mol. The van der Waals surface area contributed by atoms with Crippen LogP contribution in [0.5, 0.6) is 0 Å². The fourth-order valence-electron chi connectivity index (χ4n) is 2.63. The Hall–Kier alpha value is -2.43. The number of carbonyl (C=O) groups excluding carboxylic acids is 2. The minimum atomic E-state index is -0.474. The van der Waals surface area contributed by atoms with Crippen molar-refractivity contribution < 1.29 is 14.3 Å². The van der Waals surface area contributed by atoms with E-state index in [9.17, 15) is 9.59 Å². The smallest absolute Gasteiger partial charge is 0.357 e. The molecule has 0 spiro atoms. The molecule has 3 rings (SSSR count). The molecule has 0 N–H and O–H groups in total. The number of ether oxygens (including phenoxy) is 1. The number of carbonyl (C=O) groups is 2. The third-order valence-corrected chi connectivity index (χ3v) is 3.46. The van der Waals surface area contributed by atoms with Gasteiger partial charge in [-0.05, 0) is 13.0 Å². The number of nitrogens with zero attached hydrogens (tertiary/aromatic N) is 2. The SMILES string of the molecule is CCOC(=O)C1=NCC(=O)c2c1c1ccccc1n2C. The van der Waals surface area contributed by atoms with Crippen molar-refractivity contribution in [1.82, 2.24) is 4.57 Å². The molecule has 0 saturated heterocycles. The Morgan fingerprint density at radius 1 is 1.40 bits per heavy atom. The molecule has 1 aliphatic rings. The van der Waals surface area contributed by atoms with E-state index in [0.29, 0.717) is 11.3 Å². The van der Waals surface area contributed by atoms with E-state index in [2.05, 4.69) is 4.99 Å². The van der Waals surface area contributed by atoms with Gasteiger partial charge in [0.05, 0.1) is 12.3 Å². The van der Waals surface area contributed by atoms with Gasteiger partial charge in [0, 0.05) is 23.5 Å². The van der Waals surface area contributed by atoms with Gasteiger partial charge in [-0.3, -0.25) is 9.79 Å². The van der Waals surface area contributed by atoms with Crippen molar-refractivity contribution in [3.63, 3.8) is 0 Å². The summed E-state index contributed by atoms with van der Waals surface area (Å²) < 4.78 is 6.86. The highest BCUT2D eigenvalue weighted by Gasteiger charge is 2.31. The number of fused-ring (bicyclic) bond motifs is 3. The summed E-state index contributed by atoms with van der Waals surface area (Å²) in [7, 11) is 1.83. The molecular formula is C15H14N2O3. The first-order valence-corrected chi connectivity index (χ1v) is 6.47. The number of rotatable bonds is 2. The predicted octanol–water partition coefficient (Wildman–Crippen LogP) is 1.73. The van der Waals surface area contributed by atoms with Crippen LogP contribution in [0.3, 0.4) is 0 Å². The highest BCUT2D eigenvalue weighted by Crippen LogP contribution is 2.29. The second kappa shape index (κ2) is 4.59. The molecule has 0 amide bonds. The summed E-state index contributed by atoms with van der Waals surface area (Å²) in [6.45, 7) is 2.02. The molecule has 2 heterocycles.